The summed E-state index contributed by atoms with van der Waals surface area (Å²) in [7, 11) is 1.31. The summed E-state index contributed by atoms with van der Waals surface area (Å²) in [5.74, 6) is -0.774. The van der Waals surface area contributed by atoms with Crippen molar-refractivity contribution >= 4 is 27.9 Å². The molecule has 13 heavy (non-hydrogen) atoms. The van der Waals surface area contributed by atoms with Crippen LogP contribution in [0.25, 0.3) is 0 Å². The quantitative estimate of drug-likeness (QED) is 0.555. The zero-order valence-corrected chi connectivity index (χ0v) is 9.09. The van der Waals surface area contributed by atoms with Gasteiger partial charge in [0.2, 0.25) is 0 Å². The van der Waals surface area contributed by atoms with Gasteiger partial charge < -0.3 is 9.47 Å². The van der Waals surface area contributed by atoms with Crippen LogP contribution in [0.3, 0.4) is 0 Å². The highest BCUT2D eigenvalue weighted by molar-refractivity contribution is 9.10. The number of carbonyl (C=O) groups is 2. The molecule has 1 atom stereocenters. The summed E-state index contributed by atoms with van der Waals surface area (Å²) in [5, 5.41) is 0. The average Bonchev–Trinajstić information content (AvgIpc) is 2.82. The van der Waals surface area contributed by atoms with Gasteiger partial charge in [0.05, 0.1) is 7.11 Å². The van der Waals surface area contributed by atoms with E-state index in [-0.39, 0.29) is 5.97 Å². The molecule has 0 aromatic heterocycles. The third kappa shape index (κ3) is 2.21. The third-order valence-electron chi connectivity index (χ3n) is 1.96. The van der Waals surface area contributed by atoms with E-state index in [1.54, 1.807) is 0 Å². The highest BCUT2D eigenvalue weighted by Gasteiger charge is 2.55. The number of ether oxygens (including phenoxy) is 2. The van der Waals surface area contributed by atoms with Crippen LogP contribution in [-0.2, 0) is 19.1 Å². The molecule has 74 valence electrons. The standard InChI is InChI=1S/C8H11BrO4/c1-5(10)13-8(3-4-8)6(9)7(11)12-2/h6H,3-4H2,1-2H3. The molecule has 0 aromatic rings. The maximum Gasteiger partial charge on any atom is 0.323 e. The summed E-state index contributed by atoms with van der Waals surface area (Å²) in [6.07, 6.45) is 1.41. The molecule has 1 aliphatic rings. The van der Waals surface area contributed by atoms with Gasteiger partial charge in [0.15, 0.2) is 4.83 Å². The lowest BCUT2D eigenvalue weighted by Gasteiger charge is -2.19. The maximum absolute atomic E-state index is 11.1. The Morgan fingerprint density at radius 1 is 1.46 bits per heavy atom. The lowest BCUT2D eigenvalue weighted by atomic mass is 10.2. The highest BCUT2D eigenvalue weighted by atomic mass is 79.9. The second-order valence-electron chi connectivity index (χ2n) is 3.04. The lowest BCUT2D eigenvalue weighted by molar-refractivity contribution is -0.153. The van der Waals surface area contributed by atoms with Crippen molar-refractivity contribution in [2.45, 2.75) is 30.2 Å². The van der Waals surface area contributed by atoms with E-state index in [0.29, 0.717) is 12.8 Å². The van der Waals surface area contributed by atoms with Crippen molar-refractivity contribution < 1.29 is 19.1 Å². The highest BCUT2D eigenvalue weighted by Crippen LogP contribution is 2.46. The summed E-state index contributed by atoms with van der Waals surface area (Å²) in [6.45, 7) is 1.33. The number of esters is 2. The van der Waals surface area contributed by atoms with Gasteiger partial charge in [-0.25, -0.2) is 0 Å². The number of hydrogen-bond acceptors (Lipinski definition) is 4. The summed E-state index contributed by atoms with van der Waals surface area (Å²) in [5.41, 5.74) is -0.654. The molecular weight excluding hydrogens is 240 g/mol. The number of hydrogen-bond donors (Lipinski definition) is 0. The van der Waals surface area contributed by atoms with Gasteiger partial charge in [0, 0.05) is 6.92 Å². The van der Waals surface area contributed by atoms with Crippen LogP contribution < -0.4 is 0 Å². The molecule has 0 saturated heterocycles. The molecule has 0 N–H and O–H groups in total. The fourth-order valence-corrected chi connectivity index (χ4v) is 1.87. The van der Waals surface area contributed by atoms with Crippen LogP contribution in [0.15, 0.2) is 0 Å². The molecule has 0 heterocycles. The van der Waals surface area contributed by atoms with Crippen LogP contribution in [0.5, 0.6) is 0 Å². The first-order valence-corrected chi connectivity index (χ1v) is 4.85. The Morgan fingerprint density at radius 2 is 2.00 bits per heavy atom. The van der Waals surface area contributed by atoms with Gasteiger partial charge in [-0.2, -0.15) is 0 Å². The Balaban J connectivity index is 2.59. The Kier molecular flexibility index (Phi) is 2.95. The molecule has 5 heteroatoms. The predicted octanol–water partition coefficient (Wildman–Crippen LogP) is 1.02. The van der Waals surface area contributed by atoms with Crippen molar-refractivity contribution in [1.29, 1.82) is 0 Å². The second-order valence-corrected chi connectivity index (χ2v) is 3.96. The van der Waals surface area contributed by atoms with Crippen molar-refractivity contribution in [3.63, 3.8) is 0 Å². The average molecular weight is 251 g/mol. The monoisotopic (exact) mass is 250 g/mol. The molecule has 0 aromatic carbocycles. The van der Waals surface area contributed by atoms with E-state index in [1.165, 1.54) is 14.0 Å². The molecule has 0 radical (unpaired) electrons. The summed E-state index contributed by atoms with van der Waals surface area (Å²) < 4.78 is 9.59. The lowest BCUT2D eigenvalue weighted by Crippen LogP contribution is -2.35. The molecular formula is C8H11BrO4. The predicted molar refractivity (Wildman–Crippen MR) is 48.5 cm³/mol. The zero-order valence-electron chi connectivity index (χ0n) is 7.50. The van der Waals surface area contributed by atoms with Crippen molar-refractivity contribution in [1.82, 2.24) is 0 Å². The van der Waals surface area contributed by atoms with Crippen LogP contribution in [-0.4, -0.2) is 29.5 Å². The number of alkyl halides is 1. The number of rotatable bonds is 3. The van der Waals surface area contributed by atoms with Crippen LogP contribution in [0, 0.1) is 0 Å². The van der Waals surface area contributed by atoms with Gasteiger partial charge in [-0.3, -0.25) is 9.59 Å². The minimum Gasteiger partial charge on any atom is -0.468 e. The van der Waals surface area contributed by atoms with E-state index >= 15 is 0 Å². The van der Waals surface area contributed by atoms with Crippen molar-refractivity contribution in [2.75, 3.05) is 7.11 Å². The van der Waals surface area contributed by atoms with Crippen molar-refractivity contribution in [2.24, 2.45) is 0 Å². The van der Waals surface area contributed by atoms with Gasteiger partial charge in [-0.05, 0) is 12.8 Å². The Morgan fingerprint density at radius 3 is 2.31 bits per heavy atom. The molecule has 1 fully saturated rings. The van der Waals surface area contributed by atoms with Gasteiger partial charge in [-0.1, -0.05) is 15.9 Å². The van der Waals surface area contributed by atoms with Gasteiger partial charge in [0.1, 0.15) is 5.60 Å². The smallest absolute Gasteiger partial charge is 0.323 e. The topological polar surface area (TPSA) is 52.6 Å². The van der Waals surface area contributed by atoms with Crippen molar-refractivity contribution in [3.8, 4) is 0 Å². The van der Waals surface area contributed by atoms with Gasteiger partial charge in [0.25, 0.3) is 0 Å². The third-order valence-corrected chi connectivity index (χ3v) is 3.17. The van der Waals surface area contributed by atoms with E-state index < -0.39 is 16.4 Å². The molecule has 0 amide bonds. The largest absolute Gasteiger partial charge is 0.468 e. The minimum absolute atomic E-state index is 0.370. The number of methoxy groups -OCH3 is 1. The number of halogens is 1. The SMILES string of the molecule is COC(=O)C(Br)C1(OC(C)=O)CC1. The Hall–Kier alpha value is -0.580. The first-order chi connectivity index (χ1) is 6.02. The molecule has 0 aliphatic heterocycles. The first-order valence-electron chi connectivity index (χ1n) is 3.93. The van der Waals surface area contributed by atoms with E-state index in [2.05, 4.69) is 20.7 Å². The van der Waals surface area contributed by atoms with Crippen LogP contribution >= 0.6 is 15.9 Å². The zero-order chi connectivity index (χ0) is 10.1. The molecule has 1 aliphatic carbocycles. The van der Waals surface area contributed by atoms with Crippen LogP contribution in [0.4, 0.5) is 0 Å². The minimum atomic E-state index is -0.654. The van der Waals surface area contributed by atoms with Gasteiger partial charge >= 0.3 is 11.9 Å². The van der Waals surface area contributed by atoms with Crippen molar-refractivity contribution in [3.05, 3.63) is 0 Å². The summed E-state index contributed by atoms with van der Waals surface area (Å²) in [6, 6.07) is 0. The van der Waals surface area contributed by atoms with E-state index in [9.17, 15) is 9.59 Å². The molecule has 0 spiro atoms. The maximum atomic E-state index is 11.1. The van der Waals surface area contributed by atoms with E-state index in [1.807, 2.05) is 0 Å². The van der Waals surface area contributed by atoms with Crippen LogP contribution in [0.1, 0.15) is 19.8 Å². The molecule has 0 bridgehead atoms. The Bertz CT molecular complexity index is 234. The second kappa shape index (κ2) is 3.65. The fraction of sp³-hybridized carbons (Fsp3) is 0.750. The van der Waals surface area contributed by atoms with Crippen LogP contribution in [0.2, 0.25) is 0 Å². The Labute approximate surface area is 84.7 Å². The van der Waals surface area contributed by atoms with Gasteiger partial charge in [-0.15, -0.1) is 0 Å². The normalized spacial score (nSPS) is 20.2. The fourth-order valence-electron chi connectivity index (χ4n) is 1.13. The number of carbonyl (C=O) groups excluding carboxylic acids is 2. The summed E-state index contributed by atoms with van der Waals surface area (Å²) in [4.78, 5) is 21.3. The summed E-state index contributed by atoms with van der Waals surface area (Å²) >= 11 is 3.16. The first kappa shape index (κ1) is 10.5. The molecule has 1 rings (SSSR count). The van der Waals surface area contributed by atoms with E-state index in [0.717, 1.165) is 0 Å². The molecule has 4 nitrogen and oxygen atoms in total. The molecule has 1 unspecified atom stereocenters. The molecule has 1 saturated carbocycles. The van der Waals surface area contributed by atoms with E-state index in [4.69, 9.17) is 4.74 Å².